The van der Waals surface area contributed by atoms with Crippen molar-refractivity contribution in [3.63, 3.8) is 0 Å². The van der Waals surface area contributed by atoms with Gasteiger partial charge in [-0.3, -0.25) is 10.1 Å². The number of amides is 1. The fourth-order valence-electron chi connectivity index (χ4n) is 3.41. The van der Waals surface area contributed by atoms with Crippen molar-refractivity contribution in [2.45, 2.75) is 45.7 Å². The van der Waals surface area contributed by atoms with Crippen molar-refractivity contribution in [1.82, 2.24) is 20.0 Å². The van der Waals surface area contributed by atoms with Crippen LogP contribution in [0.5, 0.6) is 0 Å². The van der Waals surface area contributed by atoms with Crippen LogP contribution in [0.3, 0.4) is 0 Å². The van der Waals surface area contributed by atoms with Gasteiger partial charge in [0, 0.05) is 31.3 Å². The van der Waals surface area contributed by atoms with Gasteiger partial charge in [-0.25, -0.2) is 13.5 Å². The van der Waals surface area contributed by atoms with Crippen molar-refractivity contribution in [2.75, 3.05) is 13.6 Å². The molecule has 27 heavy (non-hydrogen) atoms. The molecular weight excluding hydrogens is 374 g/mol. The lowest BCUT2D eigenvalue weighted by atomic mass is 10.1. The standard InChI is InChI=1S/C19H24F2N4O.ClH/c1-12-7-5-6-8-17(12)25-14(3)15(13(2)23-25)10-24(4)18(26)16-9-19(20,21)11-22-16;/h5-8,16,22H,9-11H2,1-4H3;1H. The Balaban J connectivity index is 0.00000261. The monoisotopic (exact) mass is 398 g/mol. The zero-order chi connectivity index (χ0) is 19.1. The van der Waals surface area contributed by atoms with E-state index in [1.54, 1.807) is 7.05 Å². The number of aryl methyl sites for hydroxylation is 2. The van der Waals surface area contributed by atoms with Crippen LogP contribution in [-0.4, -0.2) is 46.1 Å². The summed E-state index contributed by atoms with van der Waals surface area (Å²) >= 11 is 0. The Morgan fingerprint density at radius 2 is 2.00 bits per heavy atom. The Hall–Kier alpha value is -1.99. The lowest BCUT2D eigenvalue weighted by molar-refractivity contribution is -0.132. The summed E-state index contributed by atoms with van der Waals surface area (Å²) in [7, 11) is 1.64. The maximum absolute atomic E-state index is 13.4. The van der Waals surface area contributed by atoms with Gasteiger partial charge in [-0.15, -0.1) is 12.4 Å². The van der Waals surface area contributed by atoms with E-state index in [-0.39, 0.29) is 18.3 Å². The predicted octanol–water partition coefficient (Wildman–Crippen LogP) is 3.17. The van der Waals surface area contributed by atoms with Gasteiger partial charge < -0.3 is 4.90 Å². The van der Waals surface area contributed by atoms with Crippen molar-refractivity contribution in [3.05, 3.63) is 46.8 Å². The lowest BCUT2D eigenvalue weighted by Gasteiger charge is -2.21. The van der Waals surface area contributed by atoms with Crippen LogP contribution in [0.1, 0.15) is 28.9 Å². The number of para-hydroxylation sites is 1. The Labute approximate surface area is 164 Å². The molecule has 3 rings (SSSR count). The predicted molar refractivity (Wildman–Crippen MR) is 103 cm³/mol. The number of carbonyl (C=O) groups is 1. The molecular formula is C19H25ClF2N4O. The first-order chi connectivity index (χ1) is 12.2. The van der Waals surface area contributed by atoms with Gasteiger partial charge in [0.25, 0.3) is 5.92 Å². The quantitative estimate of drug-likeness (QED) is 0.860. The largest absolute Gasteiger partial charge is 0.340 e. The van der Waals surface area contributed by atoms with E-state index in [1.807, 2.05) is 49.7 Å². The minimum Gasteiger partial charge on any atom is -0.340 e. The van der Waals surface area contributed by atoms with Crippen molar-refractivity contribution >= 4 is 18.3 Å². The molecule has 0 spiro atoms. The average molecular weight is 399 g/mol. The minimum absolute atomic E-state index is 0. The highest BCUT2D eigenvalue weighted by Crippen LogP contribution is 2.27. The second kappa shape index (κ2) is 7.94. The summed E-state index contributed by atoms with van der Waals surface area (Å²) in [5, 5.41) is 7.24. The number of carbonyl (C=O) groups excluding carboxylic acids is 1. The number of alkyl halides is 2. The van der Waals surface area contributed by atoms with E-state index in [0.717, 1.165) is 28.2 Å². The van der Waals surface area contributed by atoms with E-state index in [1.165, 1.54) is 4.90 Å². The second-order valence-electron chi connectivity index (χ2n) is 7.04. The Kier molecular flexibility index (Phi) is 6.27. The molecule has 1 amide bonds. The summed E-state index contributed by atoms with van der Waals surface area (Å²) in [6.07, 6.45) is -0.448. The third-order valence-corrected chi connectivity index (χ3v) is 4.96. The molecule has 148 valence electrons. The molecule has 1 atom stereocenters. The maximum atomic E-state index is 13.4. The summed E-state index contributed by atoms with van der Waals surface area (Å²) in [5.74, 6) is -3.13. The highest BCUT2D eigenvalue weighted by molar-refractivity contribution is 5.85. The molecule has 8 heteroatoms. The number of hydrogen-bond acceptors (Lipinski definition) is 3. The maximum Gasteiger partial charge on any atom is 0.262 e. The lowest BCUT2D eigenvalue weighted by Crippen LogP contribution is -2.41. The number of nitrogens with zero attached hydrogens (tertiary/aromatic N) is 3. The van der Waals surface area contributed by atoms with Gasteiger partial charge in [0.05, 0.1) is 24.0 Å². The number of benzene rings is 1. The Morgan fingerprint density at radius 3 is 2.59 bits per heavy atom. The molecule has 1 N–H and O–H groups in total. The van der Waals surface area contributed by atoms with E-state index < -0.39 is 24.9 Å². The molecule has 2 aromatic rings. The van der Waals surface area contributed by atoms with Gasteiger partial charge in [0.1, 0.15) is 0 Å². The summed E-state index contributed by atoms with van der Waals surface area (Å²) in [6.45, 7) is 5.78. The highest BCUT2D eigenvalue weighted by Gasteiger charge is 2.43. The summed E-state index contributed by atoms with van der Waals surface area (Å²) in [6, 6.07) is 7.12. The van der Waals surface area contributed by atoms with E-state index >= 15 is 0 Å². The molecule has 1 saturated heterocycles. The van der Waals surface area contributed by atoms with Crippen LogP contribution in [0.25, 0.3) is 5.69 Å². The van der Waals surface area contributed by atoms with Gasteiger partial charge in [0.15, 0.2) is 0 Å². The third kappa shape index (κ3) is 4.30. The Morgan fingerprint density at radius 1 is 1.33 bits per heavy atom. The van der Waals surface area contributed by atoms with Crippen LogP contribution < -0.4 is 5.32 Å². The van der Waals surface area contributed by atoms with Gasteiger partial charge >= 0.3 is 0 Å². The zero-order valence-electron chi connectivity index (χ0n) is 15.9. The van der Waals surface area contributed by atoms with E-state index in [4.69, 9.17) is 0 Å². The van der Waals surface area contributed by atoms with E-state index in [0.29, 0.717) is 6.54 Å². The van der Waals surface area contributed by atoms with E-state index in [9.17, 15) is 13.6 Å². The fraction of sp³-hybridized carbons (Fsp3) is 0.474. The molecule has 0 radical (unpaired) electrons. The minimum atomic E-state index is -2.82. The van der Waals surface area contributed by atoms with Crippen molar-refractivity contribution in [1.29, 1.82) is 0 Å². The van der Waals surface area contributed by atoms with Gasteiger partial charge in [0.2, 0.25) is 5.91 Å². The second-order valence-corrected chi connectivity index (χ2v) is 7.04. The molecule has 0 aliphatic carbocycles. The van der Waals surface area contributed by atoms with Crippen LogP contribution in [0.4, 0.5) is 8.78 Å². The van der Waals surface area contributed by atoms with Crippen molar-refractivity contribution < 1.29 is 13.6 Å². The Bertz CT molecular complexity index is 837. The number of aromatic nitrogens is 2. The van der Waals surface area contributed by atoms with Crippen LogP contribution in [0.15, 0.2) is 24.3 Å². The molecule has 2 heterocycles. The number of halogens is 3. The smallest absolute Gasteiger partial charge is 0.262 e. The van der Waals surface area contributed by atoms with Crippen LogP contribution >= 0.6 is 12.4 Å². The molecule has 1 unspecified atom stereocenters. The zero-order valence-corrected chi connectivity index (χ0v) is 16.7. The molecule has 0 saturated carbocycles. The molecule has 5 nitrogen and oxygen atoms in total. The molecule has 1 aliphatic heterocycles. The number of rotatable bonds is 4. The van der Waals surface area contributed by atoms with E-state index in [2.05, 4.69) is 10.4 Å². The van der Waals surface area contributed by atoms with Crippen molar-refractivity contribution in [2.24, 2.45) is 0 Å². The number of hydrogen-bond donors (Lipinski definition) is 1. The van der Waals surface area contributed by atoms with Gasteiger partial charge in [-0.2, -0.15) is 5.10 Å². The summed E-state index contributed by atoms with van der Waals surface area (Å²) in [5.41, 5.74) is 4.81. The molecule has 1 aromatic carbocycles. The molecule has 0 bridgehead atoms. The first-order valence-corrected chi connectivity index (χ1v) is 8.67. The van der Waals surface area contributed by atoms with Crippen LogP contribution in [0, 0.1) is 20.8 Å². The first kappa shape index (κ1) is 21.3. The van der Waals surface area contributed by atoms with Crippen LogP contribution in [-0.2, 0) is 11.3 Å². The average Bonchev–Trinajstić information content (AvgIpc) is 3.08. The normalized spacial score (nSPS) is 18.2. The SMILES string of the molecule is Cc1ccccc1-n1nc(C)c(CN(C)C(=O)C2CC(F)(F)CN2)c1C.Cl. The van der Waals surface area contributed by atoms with Gasteiger partial charge in [-0.05, 0) is 32.4 Å². The number of likely N-dealkylation sites (N-methyl/N-ethyl adjacent to an activating group) is 1. The van der Waals surface area contributed by atoms with Crippen LogP contribution in [0.2, 0.25) is 0 Å². The summed E-state index contributed by atoms with van der Waals surface area (Å²) in [4.78, 5) is 14.0. The highest BCUT2D eigenvalue weighted by atomic mass is 35.5. The van der Waals surface area contributed by atoms with Crippen molar-refractivity contribution in [3.8, 4) is 5.69 Å². The number of nitrogens with one attached hydrogen (secondary N) is 1. The third-order valence-electron chi connectivity index (χ3n) is 4.96. The first-order valence-electron chi connectivity index (χ1n) is 8.67. The van der Waals surface area contributed by atoms with Gasteiger partial charge in [-0.1, -0.05) is 18.2 Å². The topological polar surface area (TPSA) is 50.2 Å². The molecule has 1 aliphatic rings. The summed E-state index contributed by atoms with van der Waals surface area (Å²) < 4.78 is 28.6. The molecule has 1 fully saturated rings. The molecule has 1 aromatic heterocycles. The fourth-order valence-corrected chi connectivity index (χ4v) is 3.41.